The molecule has 0 unspecified atom stereocenters. The second-order valence-corrected chi connectivity index (χ2v) is 13.9. The number of carbonyl (C=O) groups excluding carboxylic acids is 1. The first-order chi connectivity index (χ1) is 24.3. The normalized spacial score (nSPS) is 17.7. The summed E-state index contributed by atoms with van der Waals surface area (Å²) in [5, 5.41) is 37.2. The van der Waals surface area contributed by atoms with Crippen LogP contribution in [0.1, 0.15) is 106 Å². The van der Waals surface area contributed by atoms with E-state index in [-0.39, 0.29) is 48.0 Å². The summed E-state index contributed by atoms with van der Waals surface area (Å²) in [6.07, 6.45) is 1.76. The van der Waals surface area contributed by atoms with Gasteiger partial charge in [-0.05, 0) is 83.6 Å². The predicted molar refractivity (Wildman–Crippen MR) is 200 cm³/mol. The molecule has 268 valence electrons. The number of allylic oxidation sites excluding steroid dienone is 4. The highest BCUT2D eigenvalue weighted by molar-refractivity contribution is 6.45. The Morgan fingerprint density at radius 2 is 1.88 bits per heavy atom. The van der Waals surface area contributed by atoms with Crippen molar-refractivity contribution < 1.29 is 29.8 Å². The molecule has 2 atom stereocenters. The quantitative estimate of drug-likeness (QED) is 0.0789. The molecule has 13 heteroatoms. The number of nitrogens with zero attached hydrogens (tertiary/aromatic N) is 2. The smallest absolute Gasteiger partial charge is 0.373 e. The van der Waals surface area contributed by atoms with E-state index in [1.807, 2.05) is 32.9 Å². The van der Waals surface area contributed by atoms with Crippen LogP contribution in [0.4, 0.5) is 0 Å². The molecule has 0 saturated heterocycles. The van der Waals surface area contributed by atoms with Crippen LogP contribution in [0.15, 0.2) is 28.8 Å². The monoisotopic (exact) mass is 695 g/mol. The number of hydrogen-bond acceptors (Lipinski definition) is 8. The van der Waals surface area contributed by atoms with Gasteiger partial charge in [-0.15, -0.1) is 0 Å². The molecule has 8 bridgehead atoms. The third-order valence-electron chi connectivity index (χ3n) is 10.7. The Morgan fingerprint density at radius 1 is 1.14 bits per heavy atom. The zero-order chi connectivity index (χ0) is 36.9. The first-order valence-corrected chi connectivity index (χ1v) is 17.7. The lowest BCUT2D eigenvalue weighted by Crippen LogP contribution is -2.32. The number of rotatable bonds is 9. The van der Waals surface area contributed by atoms with Crippen molar-refractivity contribution in [1.82, 2.24) is 24.7 Å². The molecule has 3 aliphatic rings. The number of aliphatic hydroxyl groups is 1. The van der Waals surface area contributed by atoms with Crippen molar-refractivity contribution in [3.05, 3.63) is 73.7 Å². The average molecular weight is 696 g/mol. The van der Waals surface area contributed by atoms with Gasteiger partial charge < -0.3 is 35.2 Å². The van der Waals surface area contributed by atoms with Crippen LogP contribution >= 0.6 is 0 Å². The summed E-state index contributed by atoms with van der Waals surface area (Å²) in [4.78, 5) is 42.5. The fourth-order valence-corrected chi connectivity index (χ4v) is 7.81. The zero-order valence-corrected chi connectivity index (χ0v) is 30.7. The van der Waals surface area contributed by atoms with Crippen LogP contribution in [-0.4, -0.2) is 61.4 Å². The Balaban J connectivity index is 1.80. The summed E-state index contributed by atoms with van der Waals surface area (Å²) in [6.45, 7) is 14.1. The Kier molecular flexibility index (Phi) is 9.89. The minimum absolute atomic E-state index is 0.105. The van der Waals surface area contributed by atoms with E-state index < -0.39 is 7.05 Å². The number of fused-ring (bicyclic) bond motifs is 8. The van der Waals surface area contributed by atoms with Gasteiger partial charge in [-0.1, -0.05) is 13.8 Å². The molecular weight excluding hydrogens is 647 g/mol. The van der Waals surface area contributed by atoms with Crippen LogP contribution in [0.25, 0.3) is 44.1 Å². The topological polar surface area (TPSA) is 180 Å². The lowest BCUT2D eigenvalue weighted by atomic mass is 9.89. The number of aryl methyl sites for hydroxylation is 1. The molecule has 0 aliphatic carbocycles. The Morgan fingerprint density at radius 3 is 2.55 bits per heavy atom. The first kappa shape index (κ1) is 35.9. The van der Waals surface area contributed by atoms with E-state index in [0.29, 0.717) is 58.0 Å². The third-order valence-corrected chi connectivity index (χ3v) is 10.7. The van der Waals surface area contributed by atoms with Crippen molar-refractivity contribution in [3.8, 4) is 5.88 Å². The van der Waals surface area contributed by atoms with Crippen LogP contribution in [0.2, 0.25) is 6.82 Å². The highest BCUT2D eigenvalue weighted by atomic mass is 16.5. The van der Waals surface area contributed by atoms with Gasteiger partial charge in [0.15, 0.2) is 0 Å². The van der Waals surface area contributed by atoms with E-state index in [0.717, 1.165) is 51.3 Å². The highest BCUT2D eigenvalue weighted by Crippen LogP contribution is 2.41. The van der Waals surface area contributed by atoms with Gasteiger partial charge in [-0.25, -0.2) is 9.97 Å². The second kappa shape index (κ2) is 14.0. The van der Waals surface area contributed by atoms with Crippen molar-refractivity contribution in [1.29, 1.82) is 0 Å². The molecule has 0 spiro atoms. The van der Waals surface area contributed by atoms with E-state index in [9.17, 15) is 24.8 Å². The Bertz CT molecular complexity index is 2310. The largest absolute Gasteiger partial charge is 0.512 e. The van der Waals surface area contributed by atoms with Crippen molar-refractivity contribution in [2.45, 2.75) is 92.4 Å². The number of methoxy groups -OCH3 is 1. The summed E-state index contributed by atoms with van der Waals surface area (Å²) >= 11 is 0. The van der Waals surface area contributed by atoms with Crippen molar-refractivity contribution >= 4 is 57.1 Å². The predicted octanol–water partition coefficient (Wildman–Crippen LogP) is 4.94. The van der Waals surface area contributed by atoms with Crippen LogP contribution in [0.5, 0.6) is 5.88 Å². The number of ether oxygens (including phenoxy) is 1. The van der Waals surface area contributed by atoms with Gasteiger partial charge in [0.25, 0.3) is 5.56 Å². The molecule has 0 amide bonds. The second-order valence-electron chi connectivity index (χ2n) is 13.9. The van der Waals surface area contributed by atoms with Gasteiger partial charge in [0.1, 0.15) is 5.39 Å². The summed E-state index contributed by atoms with van der Waals surface area (Å²) in [6, 6.07) is 6.01. The molecule has 0 radical (unpaired) electrons. The number of nitrogens with one attached hydrogen (secondary N) is 4. The summed E-state index contributed by atoms with van der Waals surface area (Å²) in [5.74, 6) is -0.109. The maximum atomic E-state index is 14.3. The van der Waals surface area contributed by atoms with Crippen molar-refractivity contribution in [2.24, 2.45) is 0 Å². The molecule has 3 aromatic rings. The fraction of sp³-hybridized carbons (Fsp3) is 0.421. The SMILES string of the molecule is CC[C@H]1c2cc3[nH]c4c(c5[nH+]c(cc6nc(cc([nH]2)[C@@H]1C)C(=C(C)O)C=6C)C(C)=C5CCC(=O)OC)c(O)n(CCCNB(C)O)c(=O)c4c3C. The van der Waals surface area contributed by atoms with Gasteiger partial charge in [0.2, 0.25) is 17.3 Å². The number of aromatic hydroxyl groups is 1. The minimum atomic E-state index is -0.707. The Hall–Kier alpha value is -4.88. The minimum Gasteiger partial charge on any atom is -0.512 e. The van der Waals surface area contributed by atoms with Gasteiger partial charge in [0, 0.05) is 64.5 Å². The summed E-state index contributed by atoms with van der Waals surface area (Å²) < 4.78 is 6.39. The molecule has 6 heterocycles. The molecule has 0 saturated carbocycles. The molecule has 6 rings (SSSR count). The fourth-order valence-electron chi connectivity index (χ4n) is 7.81. The van der Waals surface area contributed by atoms with E-state index in [4.69, 9.17) is 9.72 Å². The summed E-state index contributed by atoms with van der Waals surface area (Å²) in [5.41, 5.74) is 8.73. The van der Waals surface area contributed by atoms with Crippen molar-refractivity contribution in [2.75, 3.05) is 13.7 Å². The number of aliphatic hydroxyl groups excluding tert-OH is 1. The van der Waals surface area contributed by atoms with E-state index >= 15 is 0 Å². The van der Waals surface area contributed by atoms with Gasteiger partial charge in [-0.3, -0.25) is 14.2 Å². The zero-order valence-electron chi connectivity index (χ0n) is 30.7. The maximum Gasteiger partial charge on any atom is 0.373 e. The number of pyridine rings is 1. The third kappa shape index (κ3) is 6.33. The number of carbonyl (C=O) groups is 1. The van der Waals surface area contributed by atoms with Gasteiger partial charge in [0.05, 0.1) is 34.8 Å². The number of esters is 1. The number of hydrogen-bond donors (Lipinski definition) is 6. The highest BCUT2D eigenvalue weighted by Gasteiger charge is 2.32. The molecule has 51 heavy (non-hydrogen) atoms. The van der Waals surface area contributed by atoms with Gasteiger partial charge >= 0.3 is 13.0 Å². The number of aromatic nitrogens is 5. The molecule has 0 fully saturated rings. The van der Waals surface area contributed by atoms with Gasteiger partial charge in [-0.2, -0.15) is 0 Å². The molecule has 0 aromatic carbocycles. The maximum absolute atomic E-state index is 14.3. The van der Waals surface area contributed by atoms with Crippen molar-refractivity contribution in [3.63, 3.8) is 0 Å². The van der Waals surface area contributed by atoms with E-state index in [1.165, 1.54) is 11.7 Å². The molecule has 3 aliphatic heterocycles. The molecule has 7 N–H and O–H groups in total. The lowest BCUT2D eigenvalue weighted by molar-refractivity contribution is -0.379. The number of H-pyrrole nitrogens is 3. The standard InChI is InChI=1S/C38H47BN6O6/c1-9-23-18(2)25-17-30-32(22(6)46)20(4)27(42-30)15-26-19(3)24(11-12-31(47)51-8)35(43-26)34-36-33(21(5)28(44-36)16-29(23)41-25)37(48)45(38(34)49)14-10-13-40-39(7)50/h15-18,23,40-41,44,46,49-50H,9-14H2,1-8H3/p+1/t18-,23-/m1/s1. The molecule has 3 aromatic heterocycles. The Labute approximate surface area is 296 Å². The van der Waals surface area contributed by atoms with E-state index in [2.05, 4.69) is 40.1 Å². The van der Waals surface area contributed by atoms with Crippen LogP contribution in [-0.2, 0) is 16.1 Å². The average Bonchev–Trinajstić information content (AvgIpc) is 3.76. The summed E-state index contributed by atoms with van der Waals surface area (Å²) in [7, 11) is 0.649. The molecular formula is C38H48BN6O6+. The number of aromatic amines is 3. The first-order valence-electron chi connectivity index (χ1n) is 17.7. The van der Waals surface area contributed by atoms with Crippen LogP contribution in [0, 0.1) is 6.92 Å². The van der Waals surface area contributed by atoms with E-state index in [1.54, 1.807) is 13.7 Å². The van der Waals surface area contributed by atoms with Crippen LogP contribution in [0.3, 0.4) is 0 Å². The molecule has 12 nitrogen and oxygen atoms in total. The lowest BCUT2D eigenvalue weighted by Gasteiger charge is -2.13. The van der Waals surface area contributed by atoms with Crippen LogP contribution < -0.4 is 21.1 Å².